The molecule has 0 radical (unpaired) electrons. The van der Waals surface area contributed by atoms with E-state index in [4.69, 9.17) is 4.74 Å². The molecule has 1 unspecified atom stereocenters. The third kappa shape index (κ3) is 4.34. The van der Waals surface area contributed by atoms with Crippen molar-refractivity contribution in [1.82, 2.24) is 14.8 Å². The van der Waals surface area contributed by atoms with Crippen LogP contribution in [0.5, 0.6) is 0 Å². The fourth-order valence-corrected chi connectivity index (χ4v) is 2.98. The van der Waals surface area contributed by atoms with Crippen molar-refractivity contribution in [2.24, 2.45) is 5.92 Å². The molecule has 8 heteroatoms. The van der Waals surface area contributed by atoms with Crippen LogP contribution in [0.4, 0.5) is 19.1 Å². The third-order valence-electron chi connectivity index (χ3n) is 3.94. The average Bonchev–Trinajstić information content (AvgIpc) is 2.67. The van der Waals surface area contributed by atoms with E-state index in [0.29, 0.717) is 25.0 Å². The van der Waals surface area contributed by atoms with E-state index >= 15 is 0 Å². The lowest BCUT2D eigenvalue weighted by Gasteiger charge is -2.25. The first-order chi connectivity index (χ1) is 10.4. The van der Waals surface area contributed by atoms with Gasteiger partial charge in [0.25, 0.3) is 0 Å². The standard InChI is InChI=1S/C14H23F3N4O/c1-3-21-12(8-14(15,16)17)18-19-13(21)20-7-5-4-6-11(9-20)10-22-2/h11H,3-10H2,1-2H3. The zero-order valence-corrected chi connectivity index (χ0v) is 13.1. The lowest BCUT2D eigenvalue weighted by atomic mass is 10.1. The predicted octanol–water partition coefficient (Wildman–Crippen LogP) is 2.66. The van der Waals surface area contributed by atoms with Crippen LogP contribution in [0.3, 0.4) is 0 Å². The second-order valence-electron chi connectivity index (χ2n) is 5.72. The van der Waals surface area contributed by atoms with Crippen LogP contribution in [0.25, 0.3) is 0 Å². The highest BCUT2D eigenvalue weighted by Crippen LogP contribution is 2.25. The number of anilines is 1. The number of rotatable bonds is 5. The van der Waals surface area contributed by atoms with E-state index in [-0.39, 0.29) is 5.82 Å². The van der Waals surface area contributed by atoms with Crippen LogP contribution in [0.15, 0.2) is 0 Å². The van der Waals surface area contributed by atoms with E-state index in [1.807, 2.05) is 11.8 Å². The van der Waals surface area contributed by atoms with Crippen LogP contribution in [-0.4, -0.2) is 47.7 Å². The maximum atomic E-state index is 12.6. The predicted molar refractivity (Wildman–Crippen MR) is 76.9 cm³/mol. The van der Waals surface area contributed by atoms with E-state index in [9.17, 15) is 13.2 Å². The van der Waals surface area contributed by atoms with E-state index in [1.165, 1.54) is 0 Å². The second kappa shape index (κ2) is 7.30. The van der Waals surface area contributed by atoms with Gasteiger partial charge in [0, 0.05) is 26.7 Å². The number of hydrogen-bond acceptors (Lipinski definition) is 4. The number of hydrogen-bond donors (Lipinski definition) is 0. The molecule has 2 rings (SSSR count). The van der Waals surface area contributed by atoms with Gasteiger partial charge in [-0.05, 0) is 25.7 Å². The molecule has 0 aliphatic carbocycles. The number of halogens is 3. The van der Waals surface area contributed by atoms with Crippen LogP contribution in [0.2, 0.25) is 0 Å². The Bertz CT molecular complexity index is 475. The Kier molecular flexibility index (Phi) is 5.66. The van der Waals surface area contributed by atoms with Crippen LogP contribution in [0, 0.1) is 5.92 Å². The van der Waals surface area contributed by atoms with Gasteiger partial charge in [-0.2, -0.15) is 13.2 Å². The minimum Gasteiger partial charge on any atom is -0.384 e. The van der Waals surface area contributed by atoms with Crippen molar-refractivity contribution in [3.8, 4) is 0 Å². The number of ether oxygens (including phenoxy) is 1. The molecule has 5 nitrogen and oxygen atoms in total. The molecule has 1 atom stereocenters. The summed E-state index contributed by atoms with van der Waals surface area (Å²) in [6, 6.07) is 0. The summed E-state index contributed by atoms with van der Waals surface area (Å²) in [5, 5.41) is 7.80. The zero-order valence-electron chi connectivity index (χ0n) is 13.1. The van der Waals surface area contributed by atoms with Gasteiger partial charge in [-0.3, -0.25) is 4.57 Å². The van der Waals surface area contributed by atoms with E-state index in [1.54, 1.807) is 11.7 Å². The maximum Gasteiger partial charge on any atom is 0.396 e. The van der Waals surface area contributed by atoms with E-state index in [0.717, 1.165) is 32.4 Å². The molecule has 0 aromatic carbocycles. The highest BCUT2D eigenvalue weighted by molar-refractivity contribution is 5.32. The van der Waals surface area contributed by atoms with Gasteiger partial charge >= 0.3 is 6.18 Å². The molecule has 0 bridgehead atoms. The SMILES string of the molecule is CCn1c(CC(F)(F)F)nnc1N1CCCCC(COC)C1. The van der Waals surface area contributed by atoms with Crippen molar-refractivity contribution < 1.29 is 17.9 Å². The Morgan fingerprint density at radius 2 is 2.05 bits per heavy atom. The monoisotopic (exact) mass is 320 g/mol. The minimum atomic E-state index is -4.27. The van der Waals surface area contributed by atoms with Gasteiger partial charge in [0.2, 0.25) is 5.95 Å². The summed E-state index contributed by atoms with van der Waals surface area (Å²) in [6.07, 6.45) is -2.14. The number of aromatic nitrogens is 3. The Morgan fingerprint density at radius 3 is 2.68 bits per heavy atom. The number of alkyl halides is 3. The molecular formula is C14H23F3N4O. The summed E-state index contributed by atoms with van der Waals surface area (Å²) >= 11 is 0. The van der Waals surface area contributed by atoms with Crippen molar-refractivity contribution in [2.45, 2.75) is 45.3 Å². The zero-order chi connectivity index (χ0) is 16.2. The Balaban J connectivity index is 2.19. The van der Waals surface area contributed by atoms with Crippen molar-refractivity contribution in [2.75, 3.05) is 31.7 Å². The van der Waals surface area contributed by atoms with Gasteiger partial charge in [0.1, 0.15) is 12.2 Å². The van der Waals surface area contributed by atoms with Crippen LogP contribution < -0.4 is 4.90 Å². The Hall–Kier alpha value is -1.31. The molecule has 0 saturated carbocycles. The van der Waals surface area contributed by atoms with Gasteiger partial charge in [0.15, 0.2) is 0 Å². The minimum absolute atomic E-state index is 0.0162. The highest BCUT2D eigenvalue weighted by atomic mass is 19.4. The quantitative estimate of drug-likeness (QED) is 0.836. The first kappa shape index (κ1) is 17.1. The van der Waals surface area contributed by atoms with Crippen molar-refractivity contribution in [3.63, 3.8) is 0 Å². The van der Waals surface area contributed by atoms with Crippen molar-refractivity contribution in [1.29, 1.82) is 0 Å². The lowest BCUT2D eigenvalue weighted by Crippen LogP contribution is -2.32. The van der Waals surface area contributed by atoms with Gasteiger partial charge in [-0.1, -0.05) is 6.42 Å². The molecule has 1 saturated heterocycles. The summed E-state index contributed by atoms with van der Waals surface area (Å²) in [4.78, 5) is 2.05. The first-order valence-corrected chi connectivity index (χ1v) is 7.67. The Labute approximate surface area is 128 Å². The second-order valence-corrected chi connectivity index (χ2v) is 5.72. The molecule has 126 valence electrons. The molecule has 1 aromatic heterocycles. The molecule has 1 aromatic rings. The third-order valence-corrected chi connectivity index (χ3v) is 3.94. The van der Waals surface area contributed by atoms with Gasteiger partial charge in [-0.25, -0.2) is 0 Å². The fourth-order valence-electron chi connectivity index (χ4n) is 2.98. The van der Waals surface area contributed by atoms with E-state index < -0.39 is 12.6 Å². The maximum absolute atomic E-state index is 12.6. The Morgan fingerprint density at radius 1 is 1.27 bits per heavy atom. The first-order valence-electron chi connectivity index (χ1n) is 7.67. The van der Waals surface area contributed by atoms with E-state index in [2.05, 4.69) is 10.2 Å². The molecule has 1 aliphatic rings. The number of methoxy groups -OCH3 is 1. The van der Waals surface area contributed by atoms with Gasteiger partial charge in [0.05, 0.1) is 6.61 Å². The molecule has 0 spiro atoms. The molecule has 1 aliphatic heterocycles. The summed E-state index contributed by atoms with van der Waals surface area (Å²) in [6.45, 7) is 4.45. The normalized spacial score (nSPS) is 20.2. The van der Waals surface area contributed by atoms with Crippen LogP contribution in [-0.2, 0) is 17.7 Å². The highest BCUT2D eigenvalue weighted by Gasteiger charge is 2.32. The summed E-state index contributed by atoms with van der Waals surface area (Å²) < 4.78 is 44.7. The van der Waals surface area contributed by atoms with Crippen LogP contribution in [0.1, 0.15) is 32.0 Å². The molecule has 2 heterocycles. The largest absolute Gasteiger partial charge is 0.396 e. The topological polar surface area (TPSA) is 43.2 Å². The molecule has 0 amide bonds. The summed E-state index contributed by atoms with van der Waals surface area (Å²) in [5.74, 6) is 0.905. The molecular weight excluding hydrogens is 297 g/mol. The molecule has 0 N–H and O–H groups in total. The number of nitrogens with zero attached hydrogens (tertiary/aromatic N) is 4. The van der Waals surface area contributed by atoms with Crippen LogP contribution >= 0.6 is 0 Å². The van der Waals surface area contributed by atoms with Gasteiger partial charge < -0.3 is 9.64 Å². The lowest BCUT2D eigenvalue weighted by molar-refractivity contribution is -0.129. The average molecular weight is 320 g/mol. The molecule has 1 fully saturated rings. The van der Waals surface area contributed by atoms with Crippen molar-refractivity contribution >= 4 is 5.95 Å². The van der Waals surface area contributed by atoms with Crippen molar-refractivity contribution in [3.05, 3.63) is 5.82 Å². The van der Waals surface area contributed by atoms with Gasteiger partial charge in [-0.15, -0.1) is 10.2 Å². The fraction of sp³-hybridized carbons (Fsp3) is 0.857. The molecule has 22 heavy (non-hydrogen) atoms. The summed E-state index contributed by atoms with van der Waals surface area (Å²) in [7, 11) is 1.67. The smallest absolute Gasteiger partial charge is 0.384 e. The summed E-state index contributed by atoms with van der Waals surface area (Å²) in [5.41, 5.74) is 0.